The van der Waals surface area contributed by atoms with Gasteiger partial charge in [0, 0.05) is 18.8 Å². The molecule has 0 aliphatic carbocycles. The zero-order valence-electron chi connectivity index (χ0n) is 12.9. The maximum atomic E-state index is 12.0. The lowest BCUT2D eigenvalue weighted by atomic mass is 10.2. The van der Waals surface area contributed by atoms with Gasteiger partial charge in [-0.05, 0) is 24.3 Å². The van der Waals surface area contributed by atoms with Crippen molar-refractivity contribution in [3.05, 3.63) is 58.0 Å². The Kier molecular flexibility index (Phi) is 4.57. The van der Waals surface area contributed by atoms with Gasteiger partial charge in [0.05, 0.1) is 23.6 Å². The lowest BCUT2D eigenvalue weighted by Crippen LogP contribution is -2.15. The highest BCUT2D eigenvalue weighted by atomic mass is 35.5. The molecule has 0 aliphatic rings. The number of hydrogen-bond donors (Lipinski definition) is 1. The van der Waals surface area contributed by atoms with E-state index in [4.69, 9.17) is 20.8 Å². The van der Waals surface area contributed by atoms with E-state index in [-0.39, 0.29) is 18.9 Å². The number of aryl methyl sites for hydroxylation is 1. The molecule has 1 heterocycles. The number of aromatic nitrogens is 1. The summed E-state index contributed by atoms with van der Waals surface area (Å²) in [6.07, 6.45) is 0.169. The minimum atomic E-state index is -0.443. The Morgan fingerprint density at radius 2 is 2.08 bits per heavy atom. The molecule has 0 saturated carbocycles. The largest absolute Gasteiger partial charge is 0.491 e. The highest BCUT2D eigenvalue weighted by Gasteiger charge is 2.09. The van der Waals surface area contributed by atoms with E-state index in [1.165, 1.54) is 4.57 Å². The fourth-order valence-corrected chi connectivity index (χ4v) is 2.44. The van der Waals surface area contributed by atoms with Crippen molar-refractivity contribution in [1.29, 1.82) is 0 Å². The van der Waals surface area contributed by atoms with Crippen LogP contribution in [0, 0.1) is 0 Å². The fraction of sp³-hybridized carbons (Fsp3) is 0.176. The number of para-hydroxylation sites is 1. The zero-order chi connectivity index (χ0) is 17.1. The smallest absolute Gasteiger partial charge is 0.419 e. The Bertz CT molecular complexity index is 945. The third kappa shape index (κ3) is 3.44. The topological polar surface area (TPSA) is 73.5 Å². The SMILES string of the molecule is Cn1c(=O)oc2cc(NC(=O)CCOc3ccccc3Cl)ccc21. The minimum absolute atomic E-state index is 0.169. The summed E-state index contributed by atoms with van der Waals surface area (Å²) in [6, 6.07) is 12.1. The van der Waals surface area contributed by atoms with Gasteiger partial charge >= 0.3 is 5.76 Å². The average molecular weight is 347 g/mol. The third-order valence-electron chi connectivity index (χ3n) is 3.50. The van der Waals surface area contributed by atoms with Gasteiger partial charge in [-0.2, -0.15) is 0 Å². The summed E-state index contributed by atoms with van der Waals surface area (Å²) < 4.78 is 12.0. The first-order chi connectivity index (χ1) is 11.5. The molecule has 0 fully saturated rings. The Hall–Kier alpha value is -2.73. The Labute approximate surface area is 142 Å². The van der Waals surface area contributed by atoms with Crippen molar-refractivity contribution in [3.63, 3.8) is 0 Å². The summed E-state index contributed by atoms with van der Waals surface area (Å²) in [6.45, 7) is 0.207. The summed E-state index contributed by atoms with van der Waals surface area (Å²) in [4.78, 5) is 23.4. The molecule has 3 aromatic rings. The second-order valence-electron chi connectivity index (χ2n) is 5.19. The van der Waals surface area contributed by atoms with Crippen LogP contribution in [0.15, 0.2) is 51.7 Å². The molecule has 0 atom stereocenters. The number of oxazole rings is 1. The second-order valence-corrected chi connectivity index (χ2v) is 5.59. The van der Waals surface area contributed by atoms with Crippen molar-refractivity contribution in [2.45, 2.75) is 6.42 Å². The van der Waals surface area contributed by atoms with Crippen LogP contribution < -0.4 is 15.8 Å². The summed E-state index contributed by atoms with van der Waals surface area (Å²) in [5.41, 5.74) is 1.65. The number of carbonyl (C=O) groups is 1. The molecule has 0 saturated heterocycles. The number of fused-ring (bicyclic) bond motifs is 1. The van der Waals surface area contributed by atoms with Gasteiger partial charge in [-0.25, -0.2) is 4.79 Å². The number of anilines is 1. The molecule has 1 aromatic heterocycles. The van der Waals surface area contributed by atoms with Crippen molar-refractivity contribution in [2.75, 3.05) is 11.9 Å². The van der Waals surface area contributed by atoms with Crippen molar-refractivity contribution in [2.24, 2.45) is 7.05 Å². The number of benzene rings is 2. The highest BCUT2D eigenvalue weighted by molar-refractivity contribution is 6.32. The number of nitrogens with one attached hydrogen (secondary N) is 1. The number of ether oxygens (including phenoxy) is 1. The quantitative estimate of drug-likeness (QED) is 0.770. The lowest BCUT2D eigenvalue weighted by Gasteiger charge is -2.08. The fourth-order valence-electron chi connectivity index (χ4n) is 2.25. The summed E-state index contributed by atoms with van der Waals surface area (Å²) in [5, 5.41) is 3.24. The number of nitrogens with zero attached hydrogens (tertiary/aromatic N) is 1. The molecule has 24 heavy (non-hydrogen) atoms. The van der Waals surface area contributed by atoms with E-state index >= 15 is 0 Å². The second kappa shape index (κ2) is 6.80. The van der Waals surface area contributed by atoms with E-state index in [1.54, 1.807) is 43.4 Å². The number of carbonyl (C=O) groups excluding carboxylic acids is 1. The number of amides is 1. The molecule has 1 N–H and O–H groups in total. The molecule has 1 amide bonds. The standard InChI is InChI=1S/C17H15ClN2O4/c1-20-13-7-6-11(10-15(13)24-17(20)22)19-16(21)8-9-23-14-5-3-2-4-12(14)18/h2-7,10H,8-9H2,1H3,(H,19,21). The Morgan fingerprint density at radius 3 is 2.88 bits per heavy atom. The van der Waals surface area contributed by atoms with E-state index in [9.17, 15) is 9.59 Å². The van der Waals surface area contributed by atoms with Crippen LogP contribution in [0.25, 0.3) is 11.1 Å². The predicted octanol–water partition coefficient (Wildman–Crippen LogP) is 3.19. The normalized spacial score (nSPS) is 10.8. The van der Waals surface area contributed by atoms with Gasteiger partial charge < -0.3 is 14.5 Å². The van der Waals surface area contributed by atoms with Gasteiger partial charge in [-0.15, -0.1) is 0 Å². The summed E-state index contributed by atoms with van der Waals surface area (Å²) in [5.74, 6) is -0.110. The van der Waals surface area contributed by atoms with Crippen molar-refractivity contribution in [3.8, 4) is 5.75 Å². The number of rotatable bonds is 5. The van der Waals surface area contributed by atoms with Crippen LogP contribution in [-0.4, -0.2) is 17.1 Å². The van der Waals surface area contributed by atoms with E-state index < -0.39 is 5.76 Å². The van der Waals surface area contributed by atoms with E-state index in [0.717, 1.165) is 0 Å². The van der Waals surface area contributed by atoms with Gasteiger partial charge in [0.1, 0.15) is 5.75 Å². The first kappa shape index (κ1) is 16.1. The van der Waals surface area contributed by atoms with Crippen LogP contribution >= 0.6 is 11.6 Å². The van der Waals surface area contributed by atoms with Crippen LogP contribution in [0.1, 0.15) is 6.42 Å². The van der Waals surface area contributed by atoms with Crippen LogP contribution in [0.5, 0.6) is 5.75 Å². The average Bonchev–Trinajstić information content (AvgIpc) is 2.83. The molecule has 0 radical (unpaired) electrons. The Balaban J connectivity index is 1.59. The number of halogens is 1. The number of hydrogen-bond acceptors (Lipinski definition) is 4. The molecule has 0 aliphatic heterocycles. The molecular formula is C17H15ClN2O4. The molecule has 124 valence electrons. The van der Waals surface area contributed by atoms with Crippen LogP contribution in [-0.2, 0) is 11.8 Å². The molecule has 0 bridgehead atoms. The van der Waals surface area contributed by atoms with Gasteiger partial charge in [0.25, 0.3) is 0 Å². The monoisotopic (exact) mass is 346 g/mol. The predicted molar refractivity (Wildman–Crippen MR) is 91.6 cm³/mol. The van der Waals surface area contributed by atoms with Crippen molar-refractivity contribution >= 4 is 34.3 Å². The van der Waals surface area contributed by atoms with E-state index in [2.05, 4.69) is 5.32 Å². The molecular weight excluding hydrogens is 332 g/mol. The summed E-state index contributed by atoms with van der Waals surface area (Å²) >= 11 is 5.98. The van der Waals surface area contributed by atoms with E-state index in [1.807, 2.05) is 6.07 Å². The van der Waals surface area contributed by atoms with Gasteiger partial charge in [0.2, 0.25) is 5.91 Å². The Morgan fingerprint density at radius 1 is 1.29 bits per heavy atom. The van der Waals surface area contributed by atoms with E-state index in [0.29, 0.717) is 27.6 Å². The van der Waals surface area contributed by atoms with Crippen molar-refractivity contribution in [1.82, 2.24) is 4.57 Å². The first-order valence-corrected chi connectivity index (χ1v) is 7.69. The molecule has 0 spiro atoms. The lowest BCUT2D eigenvalue weighted by molar-refractivity contribution is -0.116. The van der Waals surface area contributed by atoms with Crippen LogP contribution in [0.4, 0.5) is 5.69 Å². The third-order valence-corrected chi connectivity index (χ3v) is 3.81. The first-order valence-electron chi connectivity index (χ1n) is 7.31. The minimum Gasteiger partial charge on any atom is -0.491 e. The maximum Gasteiger partial charge on any atom is 0.419 e. The van der Waals surface area contributed by atoms with Crippen LogP contribution in [0.3, 0.4) is 0 Å². The highest BCUT2D eigenvalue weighted by Crippen LogP contribution is 2.23. The summed E-state index contributed by atoms with van der Waals surface area (Å²) in [7, 11) is 1.62. The van der Waals surface area contributed by atoms with Crippen LogP contribution in [0.2, 0.25) is 5.02 Å². The molecule has 3 rings (SSSR count). The van der Waals surface area contributed by atoms with Gasteiger partial charge in [-0.3, -0.25) is 9.36 Å². The maximum absolute atomic E-state index is 12.0. The molecule has 6 nitrogen and oxygen atoms in total. The van der Waals surface area contributed by atoms with Gasteiger partial charge in [-0.1, -0.05) is 23.7 Å². The molecule has 0 unspecified atom stereocenters. The molecule has 7 heteroatoms. The van der Waals surface area contributed by atoms with Crippen molar-refractivity contribution < 1.29 is 13.9 Å². The molecule has 2 aromatic carbocycles. The zero-order valence-corrected chi connectivity index (χ0v) is 13.7. The van der Waals surface area contributed by atoms with Gasteiger partial charge in [0.15, 0.2) is 5.58 Å².